The van der Waals surface area contributed by atoms with E-state index in [1.54, 1.807) is 0 Å². The number of anilines is 1. The number of nitrogens with one attached hydrogen (secondary N) is 2. The number of aliphatic hydroxyl groups excluding tert-OH is 1. The number of halogens is 1. The van der Waals surface area contributed by atoms with Gasteiger partial charge in [-0.25, -0.2) is 9.18 Å². The zero-order chi connectivity index (χ0) is 16.7. The molecule has 1 aromatic carbocycles. The molecule has 3 N–H and O–H groups in total. The lowest BCUT2D eigenvalue weighted by molar-refractivity contribution is 0.156. The van der Waals surface area contributed by atoms with Crippen LogP contribution in [-0.2, 0) is 0 Å². The third-order valence-electron chi connectivity index (χ3n) is 3.96. The van der Waals surface area contributed by atoms with Gasteiger partial charge in [-0.05, 0) is 25.0 Å². The van der Waals surface area contributed by atoms with Gasteiger partial charge in [0.05, 0.1) is 5.69 Å². The van der Waals surface area contributed by atoms with E-state index < -0.39 is 11.8 Å². The topological polar surface area (TPSA) is 70.6 Å². The monoisotopic (exact) mass is 320 g/mol. The molecule has 1 fully saturated rings. The standard InChI is InChI=1S/C17H21FN2O3/c1-2-9-23-16-8-7-13(18)10-15(16)20-17(22)19-14-6-4-3-5-12(14)11-21/h1,7-8,10,12,14,21H,3-6,9,11H2,(H2,19,20,22). The first kappa shape index (κ1) is 17.1. The first-order valence-corrected chi connectivity index (χ1v) is 7.68. The molecule has 0 heterocycles. The van der Waals surface area contributed by atoms with Crippen LogP contribution in [0, 0.1) is 24.1 Å². The van der Waals surface area contributed by atoms with Gasteiger partial charge in [0.2, 0.25) is 0 Å². The summed E-state index contributed by atoms with van der Waals surface area (Å²) in [6.07, 6.45) is 8.91. The number of ether oxygens (including phenoxy) is 1. The smallest absolute Gasteiger partial charge is 0.319 e. The van der Waals surface area contributed by atoms with Gasteiger partial charge in [0, 0.05) is 24.6 Å². The van der Waals surface area contributed by atoms with Crippen molar-refractivity contribution in [2.24, 2.45) is 5.92 Å². The quantitative estimate of drug-likeness (QED) is 0.730. The molecule has 1 saturated carbocycles. The Hall–Kier alpha value is -2.26. The molecule has 0 saturated heterocycles. The number of rotatable bonds is 5. The largest absolute Gasteiger partial charge is 0.479 e. The lowest BCUT2D eigenvalue weighted by atomic mass is 9.85. The molecule has 0 bridgehead atoms. The highest BCUT2D eigenvalue weighted by atomic mass is 19.1. The number of carbonyl (C=O) groups is 1. The van der Waals surface area contributed by atoms with Crippen LogP contribution in [0.15, 0.2) is 18.2 Å². The first-order chi connectivity index (χ1) is 11.1. The van der Waals surface area contributed by atoms with Crippen LogP contribution in [0.3, 0.4) is 0 Å². The van der Waals surface area contributed by atoms with E-state index in [1.807, 2.05) is 0 Å². The number of terminal acetylenes is 1. The fourth-order valence-corrected chi connectivity index (χ4v) is 2.79. The number of carbonyl (C=O) groups excluding carboxylic acids is 1. The van der Waals surface area contributed by atoms with Crippen molar-refractivity contribution in [1.82, 2.24) is 5.32 Å². The third-order valence-corrected chi connectivity index (χ3v) is 3.96. The Labute approximate surface area is 135 Å². The van der Waals surface area contributed by atoms with Crippen molar-refractivity contribution in [1.29, 1.82) is 0 Å². The van der Waals surface area contributed by atoms with Gasteiger partial charge in [-0.3, -0.25) is 0 Å². The summed E-state index contributed by atoms with van der Waals surface area (Å²) in [6, 6.07) is 3.29. The molecule has 23 heavy (non-hydrogen) atoms. The lowest BCUT2D eigenvalue weighted by Gasteiger charge is -2.30. The van der Waals surface area contributed by atoms with E-state index in [1.165, 1.54) is 18.2 Å². The lowest BCUT2D eigenvalue weighted by Crippen LogP contribution is -2.45. The summed E-state index contributed by atoms with van der Waals surface area (Å²) < 4.78 is 18.7. The molecule has 2 rings (SSSR count). The summed E-state index contributed by atoms with van der Waals surface area (Å²) >= 11 is 0. The Kier molecular flexibility index (Phi) is 6.24. The summed E-state index contributed by atoms with van der Waals surface area (Å²) in [5.41, 5.74) is 0.217. The molecule has 2 unspecified atom stereocenters. The molecule has 124 valence electrons. The molecular weight excluding hydrogens is 299 g/mol. The second-order valence-corrected chi connectivity index (χ2v) is 5.57. The van der Waals surface area contributed by atoms with E-state index in [4.69, 9.17) is 11.2 Å². The van der Waals surface area contributed by atoms with E-state index in [0.717, 1.165) is 25.7 Å². The summed E-state index contributed by atoms with van der Waals surface area (Å²) in [6.45, 7) is 0.0680. The summed E-state index contributed by atoms with van der Waals surface area (Å²) in [5.74, 6) is 2.19. The van der Waals surface area contributed by atoms with Crippen molar-refractivity contribution in [2.75, 3.05) is 18.5 Å². The molecule has 0 aliphatic heterocycles. The number of amides is 2. The maximum atomic E-state index is 13.4. The number of hydrogen-bond acceptors (Lipinski definition) is 3. The molecule has 5 nitrogen and oxygen atoms in total. The van der Waals surface area contributed by atoms with Gasteiger partial charge in [0.25, 0.3) is 0 Å². The summed E-state index contributed by atoms with van der Waals surface area (Å²) in [4.78, 5) is 12.2. The van der Waals surface area contributed by atoms with Gasteiger partial charge in [0.1, 0.15) is 18.2 Å². The van der Waals surface area contributed by atoms with Crippen LogP contribution in [0.2, 0.25) is 0 Å². The first-order valence-electron chi connectivity index (χ1n) is 7.68. The minimum atomic E-state index is -0.487. The van der Waals surface area contributed by atoms with Crippen LogP contribution in [0.4, 0.5) is 14.9 Å². The normalized spacial score (nSPS) is 20.4. The Morgan fingerprint density at radius 2 is 2.22 bits per heavy atom. The Balaban J connectivity index is 2.01. The second-order valence-electron chi connectivity index (χ2n) is 5.57. The van der Waals surface area contributed by atoms with Gasteiger partial charge in [-0.15, -0.1) is 6.42 Å². The van der Waals surface area contributed by atoms with Crippen LogP contribution < -0.4 is 15.4 Å². The van der Waals surface area contributed by atoms with Gasteiger partial charge < -0.3 is 20.5 Å². The fourth-order valence-electron chi connectivity index (χ4n) is 2.79. The number of benzene rings is 1. The Morgan fingerprint density at radius 1 is 1.43 bits per heavy atom. The SMILES string of the molecule is C#CCOc1ccc(F)cc1NC(=O)NC1CCCCC1CO. The molecule has 1 aliphatic carbocycles. The zero-order valence-electron chi connectivity index (χ0n) is 12.8. The van der Waals surface area contributed by atoms with Gasteiger partial charge in [0.15, 0.2) is 0 Å². The van der Waals surface area contributed by atoms with Crippen LogP contribution in [0.1, 0.15) is 25.7 Å². The number of aliphatic hydroxyl groups is 1. The molecule has 0 spiro atoms. The maximum absolute atomic E-state index is 13.4. The predicted octanol–water partition coefficient (Wildman–Crippen LogP) is 2.51. The molecule has 0 aromatic heterocycles. The summed E-state index contributed by atoms with van der Waals surface area (Å²) in [7, 11) is 0. The Bertz CT molecular complexity index is 586. The second kappa shape index (κ2) is 8.39. The maximum Gasteiger partial charge on any atom is 0.319 e. The average Bonchev–Trinajstić information content (AvgIpc) is 2.54. The molecular formula is C17H21FN2O3. The van der Waals surface area contributed by atoms with E-state index in [2.05, 4.69) is 16.6 Å². The van der Waals surface area contributed by atoms with E-state index in [0.29, 0.717) is 5.75 Å². The van der Waals surface area contributed by atoms with Crippen molar-refractivity contribution in [3.8, 4) is 18.1 Å². The molecule has 1 aromatic rings. The van der Waals surface area contributed by atoms with Crippen molar-refractivity contribution in [2.45, 2.75) is 31.7 Å². The minimum absolute atomic E-state index is 0.0249. The van der Waals surface area contributed by atoms with E-state index in [-0.39, 0.29) is 30.9 Å². The highest BCUT2D eigenvalue weighted by molar-refractivity contribution is 5.91. The molecule has 2 amide bonds. The van der Waals surface area contributed by atoms with Crippen molar-refractivity contribution in [3.05, 3.63) is 24.0 Å². The minimum Gasteiger partial charge on any atom is -0.479 e. The van der Waals surface area contributed by atoms with Crippen molar-refractivity contribution < 1.29 is 19.0 Å². The molecule has 6 heteroatoms. The van der Waals surface area contributed by atoms with Crippen LogP contribution in [0.25, 0.3) is 0 Å². The zero-order valence-corrected chi connectivity index (χ0v) is 12.8. The van der Waals surface area contributed by atoms with Crippen molar-refractivity contribution >= 4 is 11.7 Å². The van der Waals surface area contributed by atoms with E-state index in [9.17, 15) is 14.3 Å². The van der Waals surface area contributed by atoms with Crippen molar-refractivity contribution in [3.63, 3.8) is 0 Å². The van der Waals surface area contributed by atoms with Gasteiger partial charge in [-0.2, -0.15) is 0 Å². The number of hydrogen-bond donors (Lipinski definition) is 3. The fraction of sp³-hybridized carbons (Fsp3) is 0.471. The third kappa shape index (κ3) is 4.86. The van der Waals surface area contributed by atoms with Crippen LogP contribution in [-0.4, -0.2) is 30.4 Å². The van der Waals surface area contributed by atoms with Gasteiger partial charge >= 0.3 is 6.03 Å². The highest BCUT2D eigenvalue weighted by Crippen LogP contribution is 2.26. The van der Waals surface area contributed by atoms with Crippen LogP contribution >= 0.6 is 0 Å². The van der Waals surface area contributed by atoms with Gasteiger partial charge in [-0.1, -0.05) is 18.8 Å². The predicted molar refractivity (Wildman–Crippen MR) is 85.7 cm³/mol. The molecule has 2 atom stereocenters. The summed E-state index contributed by atoms with van der Waals surface area (Å²) in [5, 5.41) is 14.8. The Morgan fingerprint density at radius 3 is 2.96 bits per heavy atom. The highest BCUT2D eigenvalue weighted by Gasteiger charge is 2.26. The number of urea groups is 1. The molecule has 1 aliphatic rings. The molecule has 0 radical (unpaired) electrons. The van der Waals surface area contributed by atoms with E-state index >= 15 is 0 Å². The van der Waals surface area contributed by atoms with Crippen LogP contribution in [0.5, 0.6) is 5.75 Å². The average molecular weight is 320 g/mol.